The molecule has 1 amide bonds. The fourth-order valence-corrected chi connectivity index (χ4v) is 3.21. The van der Waals surface area contributed by atoms with Crippen molar-refractivity contribution >= 4 is 41.7 Å². The van der Waals surface area contributed by atoms with Gasteiger partial charge in [-0.1, -0.05) is 6.07 Å². The molecule has 2 N–H and O–H groups in total. The molecule has 0 saturated carbocycles. The predicted octanol–water partition coefficient (Wildman–Crippen LogP) is 2.91. The van der Waals surface area contributed by atoms with Gasteiger partial charge in [0.15, 0.2) is 11.7 Å². The third-order valence-corrected chi connectivity index (χ3v) is 4.75. The summed E-state index contributed by atoms with van der Waals surface area (Å²) < 4.78 is 5.22. The number of furan rings is 1. The largest absolute Gasteiger partial charge is 0.459 e. The monoisotopic (exact) mass is 526 g/mol. The molecule has 0 bridgehead atoms. The van der Waals surface area contributed by atoms with Gasteiger partial charge in [0, 0.05) is 52.0 Å². The standard InChI is InChI=1S/C21H30N6O2.HI/c1-2-22-21(25-12-6-5-11-24-19-9-3-4-10-23-19)27-15-13-26(14-16-27)20(28)18-8-7-17-29-18;/h3-4,7-10,17H,2,5-6,11-16H2,1H3,(H,22,25)(H,23,24);1H. The maximum atomic E-state index is 12.4. The summed E-state index contributed by atoms with van der Waals surface area (Å²) in [5.74, 6) is 2.19. The van der Waals surface area contributed by atoms with E-state index in [0.29, 0.717) is 18.8 Å². The van der Waals surface area contributed by atoms with Crippen molar-refractivity contribution < 1.29 is 9.21 Å². The second-order valence-corrected chi connectivity index (χ2v) is 6.84. The molecule has 0 spiro atoms. The first-order chi connectivity index (χ1) is 14.3. The second-order valence-electron chi connectivity index (χ2n) is 6.84. The molecule has 8 nitrogen and oxygen atoms in total. The lowest BCUT2D eigenvalue weighted by atomic mass is 10.3. The molecule has 2 aromatic heterocycles. The molecule has 0 aliphatic carbocycles. The number of rotatable bonds is 8. The Morgan fingerprint density at radius 1 is 1.13 bits per heavy atom. The molecule has 9 heteroatoms. The van der Waals surface area contributed by atoms with Crippen molar-refractivity contribution in [3.05, 3.63) is 48.6 Å². The van der Waals surface area contributed by atoms with E-state index in [1.165, 1.54) is 6.26 Å². The summed E-state index contributed by atoms with van der Waals surface area (Å²) in [5, 5.41) is 6.69. The van der Waals surface area contributed by atoms with Crippen LogP contribution < -0.4 is 10.6 Å². The smallest absolute Gasteiger partial charge is 0.289 e. The number of nitrogens with zero attached hydrogens (tertiary/aromatic N) is 4. The van der Waals surface area contributed by atoms with Crippen molar-refractivity contribution in [3.63, 3.8) is 0 Å². The first kappa shape index (κ1) is 24.0. The van der Waals surface area contributed by atoms with Crippen LogP contribution in [0.25, 0.3) is 0 Å². The summed E-state index contributed by atoms with van der Waals surface area (Å²) in [7, 11) is 0. The van der Waals surface area contributed by atoms with Crippen LogP contribution in [0, 0.1) is 0 Å². The molecule has 1 aliphatic rings. The third-order valence-electron chi connectivity index (χ3n) is 4.75. The lowest BCUT2D eigenvalue weighted by molar-refractivity contribution is 0.0657. The van der Waals surface area contributed by atoms with Gasteiger partial charge >= 0.3 is 0 Å². The normalized spacial score (nSPS) is 14.2. The highest BCUT2D eigenvalue weighted by atomic mass is 127. The van der Waals surface area contributed by atoms with Gasteiger partial charge in [0.05, 0.1) is 6.26 Å². The maximum Gasteiger partial charge on any atom is 0.289 e. The summed E-state index contributed by atoms with van der Waals surface area (Å²) in [6, 6.07) is 9.31. The van der Waals surface area contributed by atoms with Gasteiger partial charge in [-0.15, -0.1) is 24.0 Å². The maximum absolute atomic E-state index is 12.4. The van der Waals surface area contributed by atoms with E-state index in [2.05, 4.69) is 27.4 Å². The van der Waals surface area contributed by atoms with Crippen LogP contribution in [0.4, 0.5) is 5.82 Å². The Hall–Kier alpha value is -2.30. The number of halogens is 1. The first-order valence-corrected chi connectivity index (χ1v) is 10.3. The van der Waals surface area contributed by atoms with Crippen molar-refractivity contribution in [2.24, 2.45) is 4.99 Å². The molecule has 2 aromatic rings. The number of carbonyl (C=O) groups excluding carboxylic acids is 1. The zero-order valence-electron chi connectivity index (χ0n) is 17.4. The Kier molecular flexibility index (Phi) is 10.5. The summed E-state index contributed by atoms with van der Waals surface area (Å²) in [6.07, 6.45) is 5.36. The number of guanidine groups is 1. The van der Waals surface area contributed by atoms with Crippen molar-refractivity contribution in [1.29, 1.82) is 0 Å². The van der Waals surface area contributed by atoms with Crippen LogP contribution in [0.3, 0.4) is 0 Å². The average Bonchev–Trinajstić information content (AvgIpc) is 3.31. The zero-order valence-corrected chi connectivity index (χ0v) is 19.7. The number of pyridine rings is 1. The SMILES string of the molecule is CCNC(=NCCCCNc1ccccn1)N1CCN(C(=O)c2ccco2)CC1.I. The van der Waals surface area contributed by atoms with Gasteiger partial charge in [0.25, 0.3) is 5.91 Å². The fraction of sp³-hybridized carbons (Fsp3) is 0.476. The van der Waals surface area contributed by atoms with E-state index in [1.807, 2.05) is 23.1 Å². The molecule has 1 aliphatic heterocycles. The molecule has 1 fully saturated rings. The van der Waals surface area contributed by atoms with E-state index in [0.717, 1.165) is 57.3 Å². The number of amides is 1. The van der Waals surface area contributed by atoms with Gasteiger partial charge in [0.2, 0.25) is 0 Å². The van der Waals surface area contributed by atoms with E-state index in [9.17, 15) is 4.79 Å². The molecular weight excluding hydrogens is 495 g/mol. The molecular formula is C21H31IN6O2. The fourth-order valence-electron chi connectivity index (χ4n) is 3.21. The Morgan fingerprint density at radius 3 is 2.60 bits per heavy atom. The number of piperazine rings is 1. The molecule has 0 radical (unpaired) electrons. The van der Waals surface area contributed by atoms with E-state index >= 15 is 0 Å². The summed E-state index contributed by atoms with van der Waals surface area (Å²) in [5.41, 5.74) is 0. The van der Waals surface area contributed by atoms with Crippen LogP contribution in [0.15, 0.2) is 52.2 Å². The first-order valence-electron chi connectivity index (χ1n) is 10.3. The van der Waals surface area contributed by atoms with Gasteiger partial charge < -0.3 is 24.9 Å². The molecule has 30 heavy (non-hydrogen) atoms. The van der Waals surface area contributed by atoms with Crippen molar-refractivity contribution in [3.8, 4) is 0 Å². The molecule has 0 aromatic carbocycles. The van der Waals surface area contributed by atoms with E-state index in [4.69, 9.17) is 9.41 Å². The van der Waals surface area contributed by atoms with Gasteiger partial charge in [-0.05, 0) is 44.0 Å². The number of aromatic nitrogens is 1. The van der Waals surface area contributed by atoms with Gasteiger partial charge in [-0.2, -0.15) is 0 Å². The molecule has 0 unspecified atom stereocenters. The minimum absolute atomic E-state index is 0. The number of aliphatic imine (C=N–C) groups is 1. The predicted molar refractivity (Wildman–Crippen MR) is 130 cm³/mol. The van der Waals surface area contributed by atoms with Gasteiger partial charge in [-0.3, -0.25) is 9.79 Å². The highest BCUT2D eigenvalue weighted by molar-refractivity contribution is 14.0. The van der Waals surface area contributed by atoms with Crippen LogP contribution in [-0.2, 0) is 0 Å². The Bertz CT molecular complexity index is 761. The number of carbonyl (C=O) groups is 1. The van der Waals surface area contributed by atoms with Crippen molar-refractivity contribution in [2.45, 2.75) is 19.8 Å². The van der Waals surface area contributed by atoms with Crippen LogP contribution in [0.1, 0.15) is 30.3 Å². The lowest BCUT2D eigenvalue weighted by Crippen LogP contribution is -2.53. The highest BCUT2D eigenvalue weighted by Crippen LogP contribution is 2.10. The quantitative estimate of drug-likeness (QED) is 0.238. The number of anilines is 1. The van der Waals surface area contributed by atoms with Gasteiger partial charge in [-0.25, -0.2) is 4.98 Å². The molecule has 3 rings (SSSR count). The number of hydrogen-bond donors (Lipinski definition) is 2. The molecule has 1 saturated heterocycles. The summed E-state index contributed by atoms with van der Waals surface area (Å²) in [4.78, 5) is 25.5. The van der Waals surface area contributed by atoms with Crippen molar-refractivity contribution in [1.82, 2.24) is 20.1 Å². The number of unbranched alkanes of at least 4 members (excludes halogenated alkanes) is 1. The second kappa shape index (κ2) is 13.1. The van der Waals surface area contributed by atoms with Gasteiger partial charge in [0.1, 0.15) is 5.82 Å². The van der Waals surface area contributed by atoms with Crippen LogP contribution >= 0.6 is 24.0 Å². The average molecular weight is 526 g/mol. The Morgan fingerprint density at radius 2 is 1.93 bits per heavy atom. The topological polar surface area (TPSA) is 86.0 Å². The van der Waals surface area contributed by atoms with E-state index < -0.39 is 0 Å². The van der Waals surface area contributed by atoms with Crippen LogP contribution in [0.2, 0.25) is 0 Å². The van der Waals surface area contributed by atoms with E-state index in [1.54, 1.807) is 18.3 Å². The number of hydrogen-bond acceptors (Lipinski definition) is 5. The van der Waals surface area contributed by atoms with Crippen molar-refractivity contribution in [2.75, 3.05) is 51.1 Å². The highest BCUT2D eigenvalue weighted by Gasteiger charge is 2.25. The minimum atomic E-state index is -0.0444. The lowest BCUT2D eigenvalue weighted by Gasteiger charge is -2.36. The molecule has 0 atom stereocenters. The zero-order chi connectivity index (χ0) is 20.3. The Labute approximate surface area is 195 Å². The third kappa shape index (κ3) is 7.19. The summed E-state index contributed by atoms with van der Waals surface area (Å²) in [6.45, 7) is 7.41. The summed E-state index contributed by atoms with van der Waals surface area (Å²) >= 11 is 0. The van der Waals surface area contributed by atoms with E-state index in [-0.39, 0.29) is 29.9 Å². The van der Waals surface area contributed by atoms with Crippen LogP contribution in [0.5, 0.6) is 0 Å². The Balaban J connectivity index is 0.00000320. The minimum Gasteiger partial charge on any atom is -0.459 e. The van der Waals surface area contributed by atoms with Crippen LogP contribution in [-0.4, -0.2) is 72.5 Å². The molecule has 3 heterocycles. The molecule has 164 valence electrons. The number of nitrogens with one attached hydrogen (secondary N) is 2.